The molecule has 0 spiro atoms. The number of fused-ring (bicyclic) bond motifs is 1. The molecule has 23 heavy (non-hydrogen) atoms. The zero-order valence-electron chi connectivity index (χ0n) is 12.7. The number of rotatable bonds is 6. The molecule has 0 bridgehead atoms. The summed E-state index contributed by atoms with van der Waals surface area (Å²) in [5.41, 5.74) is 1.91. The largest absolute Gasteiger partial charge is 0.356 e. The van der Waals surface area contributed by atoms with Gasteiger partial charge in [-0.3, -0.25) is 9.48 Å². The first-order chi connectivity index (χ1) is 11.2. The second-order valence-corrected chi connectivity index (χ2v) is 5.43. The van der Waals surface area contributed by atoms with Crippen molar-refractivity contribution in [2.45, 2.75) is 19.4 Å². The number of aromatic nitrogens is 2. The predicted molar refractivity (Wildman–Crippen MR) is 87.5 cm³/mol. The molecule has 0 saturated heterocycles. The number of nitrogens with one attached hydrogen (secondary N) is 1. The Kier molecular flexibility index (Phi) is 4.66. The smallest absolute Gasteiger partial charge is 0.224 e. The molecule has 0 aliphatic rings. The Morgan fingerprint density at radius 2 is 1.91 bits per heavy atom. The average Bonchev–Trinajstić information content (AvgIpc) is 2.97. The van der Waals surface area contributed by atoms with Gasteiger partial charge in [0.05, 0.1) is 18.1 Å². The summed E-state index contributed by atoms with van der Waals surface area (Å²) in [7, 11) is 0. The lowest BCUT2D eigenvalue weighted by molar-refractivity contribution is -0.120. The third-order valence-electron chi connectivity index (χ3n) is 3.70. The molecule has 0 aliphatic carbocycles. The van der Waals surface area contributed by atoms with E-state index in [9.17, 15) is 9.18 Å². The molecule has 1 amide bonds. The first-order valence-electron chi connectivity index (χ1n) is 7.64. The summed E-state index contributed by atoms with van der Waals surface area (Å²) in [4.78, 5) is 11.8. The van der Waals surface area contributed by atoms with Gasteiger partial charge in [0, 0.05) is 18.5 Å². The third kappa shape index (κ3) is 3.94. The molecule has 2 aromatic carbocycles. The second-order valence-electron chi connectivity index (χ2n) is 5.43. The van der Waals surface area contributed by atoms with Gasteiger partial charge in [-0.05, 0) is 30.2 Å². The summed E-state index contributed by atoms with van der Waals surface area (Å²) in [5, 5.41) is 8.36. The van der Waals surface area contributed by atoms with Crippen LogP contribution in [-0.4, -0.2) is 22.2 Å². The maximum Gasteiger partial charge on any atom is 0.224 e. The molecule has 0 unspecified atom stereocenters. The minimum absolute atomic E-state index is 0.0538. The molecule has 0 atom stereocenters. The van der Waals surface area contributed by atoms with Gasteiger partial charge < -0.3 is 5.32 Å². The van der Waals surface area contributed by atoms with Crippen LogP contribution in [0.15, 0.2) is 54.7 Å². The van der Waals surface area contributed by atoms with Gasteiger partial charge in [-0.15, -0.1) is 0 Å². The fourth-order valence-corrected chi connectivity index (χ4v) is 2.51. The van der Waals surface area contributed by atoms with Crippen molar-refractivity contribution in [3.8, 4) is 0 Å². The Balaban J connectivity index is 1.44. The number of para-hydroxylation sites is 1. The number of hydrogen-bond acceptors (Lipinski definition) is 2. The van der Waals surface area contributed by atoms with Crippen LogP contribution in [0.25, 0.3) is 10.9 Å². The molecule has 1 N–H and O–H groups in total. The molecule has 118 valence electrons. The van der Waals surface area contributed by atoms with E-state index in [1.165, 1.54) is 12.1 Å². The van der Waals surface area contributed by atoms with E-state index in [2.05, 4.69) is 10.4 Å². The van der Waals surface area contributed by atoms with E-state index in [0.717, 1.165) is 29.4 Å². The predicted octanol–water partition coefficient (Wildman–Crippen LogP) is 2.92. The lowest BCUT2D eigenvalue weighted by atomic mass is 10.1. The summed E-state index contributed by atoms with van der Waals surface area (Å²) < 4.78 is 14.8. The number of hydrogen-bond donors (Lipinski definition) is 1. The maximum absolute atomic E-state index is 12.8. The molecule has 1 heterocycles. The highest BCUT2D eigenvalue weighted by Crippen LogP contribution is 2.12. The molecule has 5 heteroatoms. The van der Waals surface area contributed by atoms with E-state index >= 15 is 0 Å². The highest BCUT2D eigenvalue weighted by molar-refractivity contribution is 5.79. The topological polar surface area (TPSA) is 46.9 Å². The summed E-state index contributed by atoms with van der Waals surface area (Å²) in [5.74, 6) is -0.345. The van der Waals surface area contributed by atoms with Crippen molar-refractivity contribution in [2.75, 3.05) is 6.54 Å². The maximum atomic E-state index is 12.8. The molecule has 0 saturated carbocycles. The van der Waals surface area contributed by atoms with Gasteiger partial charge in [-0.1, -0.05) is 30.3 Å². The lowest BCUT2D eigenvalue weighted by Gasteiger charge is -2.06. The molecule has 0 radical (unpaired) electrons. The van der Waals surface area contributed by atoms with Crippen molar-refractivity contribution in [3.63, 3.8) is 0 Å². The first-order valence-corrected chi connectivity index (χ1v) is 7.64. The average molecular weight is 311 g/mol. The quantitative estimate of drug-likeness (QED) is 0.712. The zero-order valence-corrected chi connectivity index (χ0v) is 12.7. The number of benzene rings is 2. The van der Waals surface area contributed by atoms with Crippen LogP contribution in [0.5, 0.6) is 0 Å². The number of carbonyl (C=O) groups is 1. The van der Waals surface area contributed by atoms with E-state index in [1.54, 1.807) is 12.1 Å². The molecule has 4 nitrogen and oxygen atoms in total. The van der Waals surface area contributed by atoms with Crippen LogP contribution in [0.3, 0.4) is 0 Å². The summed E-state index contributed by atoms with van der Waals surface area (Å²) >= 11 is 0. The van der Waals surface area contributed by atoms with Crippen molar-refractivity contribution in [3.05, 3.63) is 66.1 Å². The Hall–Kier alpha value is -2.69. The molecule has 0 fully saturated rings. The lowest BCUT2D eigenvalue weighted by Crippen LogP contribution is -2.26. The molecular weight excluding hydrogens is 293 g/mol. The number of amides is 1. The van der Waals surface area contributed by atoms with E-state index < -0.39 is 0 Å². The van der Waals surface area contributed by atoms with Crippen LogP contribution < -0.4 is 5.32 Å². The van der Waals surface area contributed by atoms with Crippen LogP contribution in [0.1, 0.15) is 12.0 Å². The van der Waals surface area contributed by atoms with Crippen molar-refractivity contribution < 1.29 is 9.18 Å². The number of carbonyl (C=O) groups excluding carboxylic acids is 1. The van der Waals surface area contributed by atoms with Gasteiger partial charge in [-0.2, -0.15) is 5.10 Å². The van der Waals surface area contributed by atoms with Crippen LogP contribution in [0, 0.1) is 5.82 Å². The summed E-state index contributed by atoms with van der Waals surface area (Å²) in [6.07, 6.45) is 2.92. The van der Waals surface area contributed by atoms with Gasteiger partial charge in [0.1, 0.15) is 5.82 Å². The molecule has 3 aromatic rings. The van der Waals surface area contributed by atoms with Crippen LogP contribution in [0.2, 0.25) is 0 Å². The van der Waals surface area contributed by atoms with Gasteiger partial charge >= 0.3 is 0 Å². The first kappa shape index (κ1) is 15.2. The number of nitrogens with zero attached hydrogens (tertiary/aromatic N) is 2. The Morgan fingerprint density at radius 1 is 1.13 bits per heavy atom. The van der Waals surface area contributed by atoms with Crippen molar-refractivity contribution in [1.29, 1.82) is 0 Å². The van der Waals surface area contributed by atoms with E-state index in [-0.39, 0.29) is 18.1 Å². The summed E-state index contributed by atoms with van der Waals surface area (Å²) in [6.45, 7) is 1.35. The van der Waals surface area contributed by atoms with Crippen molar-refractivity contribution >= 4 is 16.8 Å². The van der Waals surface area contributed by atoms with E-state index in [0.29, 0.717) is 6.54 Å². The highest BCUT2D eigenvalue weighted by atomic mass is 19.1. The second kappa shape index (κ2) is 7.05. The Bertz CT molecular complexity index is 795. The fraction of sp³-hybridized carbons (Fsp3) is 0.222. The van der Waals surface area contributed by atoms with Gasteiger partial charge in [0.15, 0.2) is 0 Å². The van der Waals surface area contributed by atoms with Gasteiger partial charge in [-0.25, -0.2) is 4.39 Å². The standard InChI is InChI=1S/C18H18FN3O/c19-16-8-6-14(7-9-16)12-18(23)20-10-3-11-22-17-5-2-1-4-15(17)13-21-22/h1-2,4-9,13H,3,10-12H2,(H,20,23). The highest BCUT2D eigenvalue weighted by Gasteiger charge is 2.04. The van der Waals surface area contributed by atoms with Gasteiger partial charge in [0.2, 0.25) is 5.91 Å². The van der Waals surface area contributed by atoms with Crippen molar-refractivity contribution in [2.24, 2.45) is 0 Å². The van der Waals surface area contributed by atoms with Gasteiger partial charge in [0.25, 0.3) is 0 Å². The van der Waals surface area contributed by atoms with Crippen LogP contribution in [-0.2, 0) is 17.8 Å². The SMILES string of the molecule is O=C(Cc1ccc(F)cc1)NCCCn1ncc2ccccc21. The minimum Gasteiger partial charge on any atom is -0.356 e. The molecule has 1 aromatic heterocycles. The zero-order chi connectivity index (χ0) is 16.1. The normalized spacial score (nSPS) is 10.8. The fourth-order valence-electron chi connectivity index (χ4n) is 2.51. The van der Waals surface area contributed by atoms with E-state index in [4.69, 9.17) is 0 Å². The molecule has 0 aliphatic heterocycles. The monoisotopic (exact) mass is 311 g/mol. The third-order valence-corrected chi connectivity index (χ3v) is 3.70. The minimum atomic E-state index is -0.291. The van der Waals surface area contributed by atoms with Crippen LogP contribution >= 0.6 is 0 Å². The van der Waals surface area contributed by atoms with Crippen LogP contribution in [0.4, 0.5) is 4.39 Å². The molecular formula is C18H18FN3O. The Morgan fingerprint density at radius 3 is 2.74 bits per heavy atom. The Labute approximate surface area is 133 Å². The van der Waals surface area contributed by atoms with Crippen molar-refractivity contribution in [1.82, 2.24) is 15.1 Å². The number of halogens is 1. The summed E-state index contributed by atoms with van der Waals surface area (Å²) in [6, 6.07) is 14.0. The molecule has 3 rings (SSSR count). The van der Waals surface area contributed by atoms with E-state index in [1.807, 2.05) is 35.1 Å². The number of aryl methyl sites for hydroxylation is 1.